The minimum atomic E-state index is -0.211. The second-order valence-corrected chi connectivity index (χ2v) is 6.49. The van der Waals surface area contributed by atoms with E-state index < -0.39 is 0 Å². The fraction of sp³-hybridized carbons (Fsp3) is 0.643. The molecule has 1 aromatic rings. The molecule has 1 aliphatic heterocycles. The van der Waals surface area contributed by atoms with Crippen molar-refractivity contribution in [1.29, 1.82) is 0 Å². The Bertz CT molecular complexity index is 511. The quantitative estimate of drug-likeness (QED) is 0.865. The average Bonchev–Trinajstić information content (AvgIpc) is 2.73. The number of nitrogen functional groups attached to an aromatic ring is 1. The van der Waals surface area contributed by atoms with Crippen molar-refractivity contribution in [3.63, 3.8) is 0 Å². The van der Waals surface area contributed by atoms with Crippen molar-refractivity contribution >= 4 is 27.8 Å². The molecule has 0 amide bonds. The number of ketones is 1. The van der Waals surface area contributed by atoms with Gasteiger partial charge in [0.2, 0.25) is 0 Å². The van der Waals surface area contributed by atoms with Gasteiger partial charge in [-0.3, -0.25) is 4.79 Å². The van der Waals surface area contributed by atoms with Crippen LogP contribution in [0.2, 0.25) is 0 Å². The first-order valence-electron chi connectivity index (χ1n) is 6.78. The minimum absolute atomic E-state index is 0.0598. The first-order valence-corrected chi connectivity index (χ1v) is 7.59. The Balaban J connectivity index is 2.38. The lowest BCUT2D eigenvalue weighted by atomic mass is 10.1. The molecule has 0 atom stereocenters. The molecule has 0 aliphatic carbocycles. The number of ether oxygens (including phenoxy) is 2. The molecule has 1 aliphatic rings. The summed E-state index contributed by atoms with van der Waals surface area (Å²) < 4.78 is 11.1. The number of rotatable bonds is 4. The lowest BCUT2D eigenvalue weighted by Crippen LogP contribution is -2.48. The van der Waals surface area contributed by atoms with Crippen LogP contribution < -0.4 is 15.4 Å². The summed E-state index contributed by atoms with van der Waals surface area (Å²) in [5.41, 5.74) is 6.32. The molecule has 0 spiro atoms. The number of hydrogen-bond donors (Lipinski definition) is 1. The predicted octanol–water partition coefficient (Wildman–Crippen LogP) is 2.55. The molecule has 1 saturated heterocycles. The Morgan fingerprint density at radius 2 is 2.25 bits per heavy atom. The fourth-order valence-electron chi connectivity index (χ4n) is 2.38. The largest absolute Gasteiger partial charge is 0.492 e. The second-order valence-electron chi connectivity index (χ2n) is 5.49. The third-order valence-electron chi connectivity index (χ3n) is 3.37. The maximum absolute atomic E-state index is 12.0. The fourth-order valence-corrected chi connectivity index (χ4v) is 3.60. The summed E-state index contributed by atoms with van der Waals surface area (Å²) in [6.45, 7) is 8.14. The maximum atomic E-state index is 12.0. The van der Waals surface area contributed by atoms with Gasteiger partial charge in [-0.25, -0.2) is 0 Å². The van der Waals surface area contributed by atoms with Gasteiger partial charge >= 0.3 is 0 Å². The first kappa shape index (κ1) is 15.1. The Kier molecular flexibility index (Phi) is 4.25. The summed E-state index contributed by atoms with van der Waals surface area (Å²) in [5.74, 6) is 0.675. The molecule has 1 aromatic heterocycles. The monoisotopic (exact) mass is 298 g/mol. The van der Waals surface area contributed by atoms with Crippen molar-refractivity contribution in [1.82, 2.24) is 0 Å². The van der Waals surface area contributed by atoms with Gasteiger partial charge in [0.15, 0.2) is 11.5 Å². The number of nitrogens with zero attached hydrogens (tertiary/aromatic N) is 1. The lowest BCUT2D eigenvalue weighted by molar-refractivity contribution is -0.0275. The summed E-state index contributed by atoms with van der Waals surface area (Å²) in [6.07, 6.45) is 0.446. The minimum Gasteiger partial charge on any atom is -0.492 e. The van der Waals surface area contributed by atoms with E-state index in [2.05, 4.69) is 18.7 Å². The van der Waals surface area contributed by atoms with Crippen LogP contribution in [-0.4, -0.2) is 38.2 Å². The van der Waals surface area contributed by atoms with Crippen molar-refractivity contribution in [2.45, 2.75) is 32.8 Å². The van der Waals surface area contributed by atoms with Crippen LogP contribution in [0.4, 0.5) is 10.7 Å². The van der Waals surface area contributed by atoms with Gasteiger partial charge in [0.25, 0.3) is 0 Å². The van der Waals surface area contributed by atoms with Crippen LogP contribution >= 0.6 is 11.3 Å². The van der Waals surface area contributed by atoms with Crippen molar-refractivity contribution in [2.24, 2.45) is 0 Å². The zero-order valence-electron chi connectivity index (χ0n) is 12.5. The van der Waals surface area contributed by atoms with Crippen molar-refractivity contribution in [2.75, 3.05) is 37.4 Å². The third-order valence-corrected chi connectivity index (χ3v) is 4.66. The van der Waals surface area contributed by atoms with E-state index in [4.69, 9.17) is 15.2 Å². The summed E-state index contributed by atoms with van der Waals surface area (Å²) in [4.78, 5) is 14.7. The third kappa shape index (κ3) is 2.76. The molecule has 2 N–H and O–H groups in total. The lowest BCUT2D eigenvalue weighted by Gasteiger charge is -2.38. The highest BCUT2D eigenvalue weighted by Crippen LogP contribution is 2.46. The summed E-state index contributed by atoms with van der Waals surface area (Å²) in [5, 5.41) is 0.929. The van der Waals surface area contributed by atoms with E-state index in [9.17, 15) is 4.79 Å². The van der Waals surface area contributed by atoms with E-state index in [0.717, 1.165) is 18.1 Å². The van der Waals surface area contributed by atoms with Gasteiger partial charge in [-0.2, -0.15) is 0 Å². The molecule has 1 fully saturated rings. The Morgan fingerprint density at radius 3 is 2.80 bits per heavy atom. The molecule has 0 aromatic carbocycles. The number of carbonyl (C=O) groups is 1. The number of Topliss-reactive ketones (excluding diaryl/α,β-unsaturated/α-hetero) is 1. The number of carbonyl (C=O) groups excluding carboxylic acids is 1. The zero-order valence-corrected chi connectivity index (χ0v) is 13.3. The van der Waals surface area contributed by atoms with Crippen molar-refractivity contribution < 1.29 is 14.3 Å². The van der Waals surface area contributed by atoms with Crippen molar-refractivity contribution in [3.8, 4) is 5.75 Å². The van der Waals surface area contributed by atoms with E-state index in [1.807, 2.05) is 6.92 Å². The zero-order chi connectivity index (χ0) is 14.9. The van der Waals surface area contributed by atoms with Crippen LogP contribution in [0.15, 0.2) is 0 Å². The van der Waals surface area contributed by atoms with E-state index in [0.29, 0.717) is 29.3 Å². The molecule has 0 bridgehead atoms. The van der Waals surface area contributed by atoms with E-state index in [1.165, 1.54) is 11.3 Å². The standard InChI is InChI=1S/C14H22N2O3S/c1-5-9(17)12-10(15)11(18-4)13(20-12)16-6-7-19-14(2,3)8-16/h5-8,15H2,1-4H3. The molecular weight excluding hydrogens is 276 g/mol. The average molecular weight is 298 g/mol. The molecule has 112 valence electrons. The SMILES string of the molecule is CCC(=O)c1sc(N2CCOC(C)(C)C2)c(OC)c1N. The van der Waals surface area contributed by atoms with Crippen LogP contribution in [-0.2, 0) is 4.74 Å². The molecule has 0 saturated carbocycles. The Labute approximate surface area is 123 Å². The molecule has 20 heavy (non-hydrogen) atoms. The second kappa shape index (κ2) is 5.61. The van der Waals surface area contributed by atoms with Gasteiger partial charge in [0.1, 0.15) is 5.00 Å². The molecule has 2 rings (SSSR count). The summed E-state index contributed by atoms with van der Waals surface area (Å²) in [6, 6.07) is 0. The molecule has 0 unspecified atom stereocenters. The number of hydrogen-bond acceptors (Lipinski definition) is 6. The first-order chi connectivity index (χ1) is 9.39. The summed E-state index contributed by atoms with van der Waals surface area (Å²) >= 11 is 1.42. The Hall–Kier alpha value is -1.27. The van der Waals surface area contributed by atoms with Gasteiger partial charge in [-0.15, -0.1) is 11.3 Å². The normalized spacial score (nSPS) is 18.1. The Morgan fingerprint density at radius 1 is 1.55 bits per heavy atom. The van der Waals surface area contributed by atoms with Crippen LogP contribution in [0.5, 0.6) is 5.75 Å². The molecule has 5 nitrogen and oxygen atoms in total. The number of anilines is 2. The van der Waals surface area contributed by atoms with Crippen LogP contribution in [0, 0.1) is 0 Å². The van der Waals surface area contributed by atoms with Crippen LogP contribution in [0.1, 0.15) is 36.9 Å². The van der Waals surface area contributed by atoms with Crippen LogP contribution in [0.25, 0.3) is 0 Å². The highest BCUT2D eigenvalue weighted by molar-refractivity contribution is 7.19. The molecular formula is C14H22N2O3S. The number of nitrogens with two attached hydrogens (primary N) is 1. The topological polar surface area (TPSA) is 64.8 Å². The van der Waals surface area contributed by atoms with Gasteiger partial charge < -0.3 is 20.1 Å². The van der Waals surface area contributed by atoms with Crippen molar-refractivity contribution in [3.05, 3.63) is 4.88 Å². The van der Waals surface area contributed by atoms with Gasteiger partial charge in [-0.1, -0.05) is 6.92 Å². The highest BCUT2D eigenvalue weighted by atomic mass is 32.1. The number of methoxy groups -OCH3 is 1. The van der Waals surface area contributed by atoms with Gasteiger partial charge in [-0.05, 0) is 13.8 Å². The number of thiophene rings is 1. The van der Waals surface area contributed by atoms with E-state index in [-0.39, 0.29) is 11.4 Å². The maximum Gasteiger partial charge on any atom is 0.177 e. The van der Waals surface area contributed by atoms with Gasteiger partial charge in [0, 0.05) is 19.5 Å². The predicted molar refractivity (Wildman–Crippen MR) is 82.1 cm³/mol. The number of morpholine rings is 1. The molecule has 2 heterocycles. The van der Waals surface area contributed by atoms with E-state index >= 15 is 0 Å². The highest BCUT2D eigenvalue weighted by Gasteiger charge is 2.32. The molecule has 0 radical (unpaired) electrons. The molecule has 6 heteroatoms. The van der Waals surface area contributed by atoms with Gasteiger partial charge in [0.05, 0.1) is 29.9 Å². The summed E-state index contributed by atoms with van der Waals surface area (Å²) in [7, 11) is 1.59. The smallest absolute Gasteiger partial charge is 0.177 e. The van der Waals surface area contributed by atoms with E-state index in [1.54, 1.807) is 7.11 Å². The van der Waals surface area contributed by atoms with Crippen LogP contribution in [0.3, 0.4) is 0 Å².